The molecule has 0 saturated heterocycles. The summed E-state index contributed by atoms with van der Waals surface area (Å²) in [4.78, 5) is 23.2. The summed E-state index contributed by atoms with van der Waals surface area (Å²) in [5.74, 6) is -0.577. The van der Waals surface area contributed by atoms with E-state index in [0.29, 0.717) is 25.7 Å². The number of ketones is 1. The highest BCUT2D eigenvalue weighted by molar-refractivity contribution is 6.46. The van der Waals surface area contributed by atoms with Gasteiger partial charge in [-0.15, -0.1) is 0 Å². The van der Waals surface area contributed by atoms with E-state index in [0.717, 1.165) is 12.8 Å². The van der Waals surface area contributed by atoms with Gasteiger partial charge in [0, 0.05) is 18.4 Å². The average Bonchev–Trinajstić information content (AvgIpc) is 2.83. The molecule has 1 atom stereocenters. The highest BCUT2D eigenvalue weighted by Gasteiger charge is 2.40. The van der Waals surface area contributed by atoms with E-state index >= 15 is 0 Å². The van der Waals surface area contributed by atoms with Crippen LogP contribution in [0.1, 0.15) is 58.3 Å². The maximum absolute atomic E-state index is 12.2. The Morgan fingerprint density at radius 2 is 1.96 bits per heavy atom. The fourth-order valence-corrected chi connectivity index (χ4v) is 2.97. The van der Waals surface area contributed by atoms with Gasteiger partial charge in [-0.2, -0.15) is 0 Å². The maximum atomic E-state index is 12.2. The van der Waals surface area contributed by atoms with E-state index in [4.69, 9.17) is 11.6 Å². The Hall–Kier alpha value is -1.65. The van der Waals surface area contributed by atoms with Gasteiger partial charge in [0.15, 0.2) is 0 Å². The van der Waals surface area contributed by atoms with Crippen LogP contribution in [0, 0.1) is 0 Å². The summed E-state index contributed by atoms with van der Waals surface area (Å²) >= 11 is 5.95. The molecular formula is C21H29ClO4. The van der Waals surface area contributed by atoms with Gasteiger partial charge in [-0.25, -0.2) is 0 Å². The first-order chi connectivity index (χ1) is 12.4. The molecule has 0 heterocycles. The molecule has 0 aromatic heterocycles. The van der Waals surface area contributed by atoms with Crippen molar-refractivity contribution in [1.29, 1.82) is 0 Å². The number of allylic oxidation sites excluding steroid dienone is 5. The van der Waals surface area contributed by atoms with E-state index < -0.39 is 5.60 Å². The van der Waals surface area contributed by atoms with Crippen molar-refractivity contribution in [2.45, 2.75) is 63.9 Å². The van der Waals surface area contributed by atoms with Crippen LogP contribution in [0.3, 0.4) is 0 Å². The highest BCUT2D eigenvalue weighted by atomic mass is 35.5. The lowest BCUT2D eigenvalue weighted by Gasteiger charge is -2.20. The number of ether oxygens (including phenoxy) is 1. The lowest BCUT2D eigenvalue weighted by atomic mass is 9.92. The zero-order valence-electron chi connectivity index (χ0n) is 15.7. The Bertz CT molecular complexity index is 601. The Morgan fingerprint density at radius 1 is 1.23 bits per heavy atom. The third-order valence-corrected chi connectivity index (χ3v) is 4.52. The molecule has 4 nitrogen and oxygen atoms in total. The SMILES string of the molecule is CCCCCC=CCC1(O)C=C(Cl)C(=O)/C1=C/C=CCCCC(=O)OC. The Labute approximate surface area is 161 Å². The molecule has 144 valence electrons. The van der Waals surface area contributed by atoms with E-state index in [1.165, 1.54) is 26.0 Å². The summed E-state index contributed by atoms with van der Waals surface area (Å²) in [6.07, 6.45) is 17.0. The molecule has 5 heteroatoms. The van der Waals surface area contributed by atoms with E-state index in [1.54, 1.807) is 12.2 Å². The van der Waals surface area contributed by atoms with E-state index in [9.17, 15) is 14.7 Å². The van der Waals surface area contributed by atoms with Gasteiger partial charge in [-0.3, -0.25) is 9.59 Å². The van der Waals surface area contributed by atoms with Gasteiger partial charge < -0.3 is 9.84 Å². The van der Waals surface area contributed by atoms with Crippen molar-refractivity contribution in [3.05, 3.63) is 47.1 Å². The van der Waals surface area contributed by atoms with Gasteiger partial charge in [0.2, 0.25) is 5.78 Å². The monoisotopic (exact) mass is 380 g/mol. The number of halogens is 1. The number of aliphatic hydroxyl groups is 1. The molecule has 0 aromatic carbocycles. The van der Waals surface area contributed by atoms with Crippen LogP contribution in [0.4, 0.5) is 0 Å². The third-order valence-electron chi connectivity index (χ3n) is 4.24. The minimum Gasteiger partial charge on any atom is -0.469 e. The molecule has 0 radical (unpaired) electrons. The predicted octanol–water partition coefficient (Wildman–Crippen LogP) is 4.78. The van der Waals surface area contributed by atoms with Gasteiger partial charge >= 0.3 is 5.97 Å². The first kappa shape index (κ1) is 22.4. The van der Waals surface area contributed by atoms with Crippen molar-refractivity contribution >= 4 is 23.4 Å². The lowest BCUT2D eigenvalue weighted by molar-refractivity contribution is -0.140. The number of hydrogen-bond donors (Lipinski definition) is 1. The molecule has 1 aliphatic rings. The van der Waals surface area contributed by atoms with Gasteiger partial charge in [0.05, 0.1) is 12.1 Å². The zero-order valence-corrected chi connectivity index (χ0v) is 16.4. The smallest absolute Gasteiger partial charge is 0.305 e. The van der Waals surface area contributed by atoms with Crippen molar-refractivity contribution in [3.63, 3.8) is 0 Å². The number of carbonyl (C=O) groups is 2. The molecule has 0 saturated carbocycles. The minimum atomic E-state index is -1.36. The summed E-state index contributed by atoms with van der Waals surface area (Å²) in [5, 5.41) is 10.9. The second kappa shape index (κ2) is 11.9. The minimum absolute atomic E-state index is 0.0530. The summed E-state index contributed by atoms with van der Waals surface area (Å²) in [6.45, 7) is 2.16. The molecule has 1 rings (SSSR count). The number of carbonyl (C=O) groups excluding carboxylic acids is 2. The predicted molar refractivity (Wildman–Crippen MR) is 105 cm³/mol. The fraction of sp³-hybridized carbons (Fsp3) is 0.524. The first-order valence-electron chi connectivity index (χ1n) is 9.19. The summed E-state index contributed by atoms with van der Waals surface area (Å²) in [7, 11) is 1.37. The topological polar surface area (TPSA) is 63.6 Å². The largest absolute Gasteiger partial charge is 0.469 e. The number of Topliss-reactive ketones (excluding diaryl/α,β-unsaturated/α-hetero) is 1. The maximum Gasteiger partial charge on any atom is 0.305 e. The van der Waals surface area contributed by atoms with Crippen molar-refractivity contribution in [2.75, 3.05) is 7.11 Å². The molecule has 1 aliphatic carbocycles. The van der Waals surface area contributed by atoms with Crippen molar-refractivity contribution in [1.82, 2.24) is 0 Å². The van der Waals surface area contributed by atoms with Crippen LogP contribution in [0.25, 0.3) is 0 Å². The lowest BCUT2D eigenvalue weighted by Crippen LogP contribution is -2.27. The van der Waals surface area contributed by atoms with Crippen LogP contribution < -0.4 is 0 Å². The van der Waals surface area contributed by atoms with Crippen LogP contribution in [-0.2, 0) is 14.3 Å². The molecule has 1 unspecified atom stereocenters. The van der Waals surface area contributed by atoms with Crippen LogP contribution in [0.2, 0.25) is 0 Å². The van der Waals surface area contributed by atoms with Gasteiger partial charge in [-0.1, -0.05) is 61.7 Å². The molecule has 0 spiro atoms. The molecular weight excluding hydrogens is 352 g/mol. The average molecular weight is 381 g/mol. The number of unbranched alkanes of at least 4 members (excludes halogenated alkanes) is 4. The normalized spacial score (nSPS) is 21.9. The second-order valence-electron chi connectivity index (χ2n) is 6.39. The number of methoxy groups -OCH3 is 1. The number of esters is 1. The van der Waals surface area contributed by atoms with E-state index in [-0.39, 0.29) is 22.4 Å². The number of rotatable bonds is 11. The standard InChI is InChI=1S/C21H29ClO4/c1-3-4-5-6-9-12-15-21(25)16-18(22)20(24)17(21)13-10-7-8-11-14-19(23)26-2/h7,9-10,12-13,16,25H,3-6,8,11,14-15H2,1-2H3/b10-7?,12-9?,17-13-. The molecule has 0 fully saturated rings. The van der Waals surface area contributed by atoms with Crippen molar-refractivity contribution < 1.29 is 19.4 Å². The molecule has 0 aromatic rings. The zero-order chi connectivity index (χ0) is 19.4. The fourth-order valence-electron chi connectivity index (χ4n) is 2.69. The molecule has 0 amide bonds. The number of hydrogen-bond acceptors (Lipinski definition) is 4. The van der Waals surface area contributed by atoms with Gasteiger partial charge in [0.25, 0.3) is 0 Å². The first-order valence-corrected chi connectivity index (χ1v) is 9.57. The van der Waals surface area contributed by atoms with E-state index in [1.807, 2.05) is 18.2 Å². The van der Waals surface area contributed by atoms with E-state index in [2.05, 4.69) is 11.7 Å². The molecule has 1 N–H and O–H groups in total. The summed E-state index contributed by atoms with van der Waals surface area (Å²) < 4.78 is 4.58. The van der Waals surface area contributed by atoms with Crippen molar-refractivity contribution in [2.24, 2.45) is 0 Å². The molecule has 0 bridgehead atoms. The molecule has 0 aliphatic heterocycles. The van der Waals surface area contributed by atoms with Crippen LogP contribution in [0.5, 0.6) is 0 Å². The van der Waals surface area contributed by atoms with Crippen LogP contribution >= 0.6 is 11.6 Å². The van der Waals surface area contributed by atoms with Gasteiger partial charge in [0.1, 0.15) is 5.60 Å². The van der Waals surface area contributed by atoms with Crippen molar-refractivity contribution in [3.8, 4) is 0 Å². The van der Waals surface area contributed by atoms with Crippen LogP contribution in [0.15, 0.2) is 47.1 Å². The Balaban J connectivity index is 2.62. The van der Waals surface area contributed by atoms with Crippen LogP contribution in [-0.4, -0.2) is 29.6 Å². The summed E-state index contributed by atoms with van der Waals surface area (Å²) in [5.41, 5.74) is -1.07. The second-order valence-corrected chi connectivity index (χ2v) is 6.80. The Morgan fingerprint density at radius 3 is 2.65 bits per heavy atom. The third kappa shape index (κ3) is 7.30. The highest BCUT2D eigenvalue weighted by Crippen LogP contribution is 2.35. The summed E-state index contributed by atoms with van der Waals surface area (Å²) in [6, 6.07) is 0. The Kier molecular flexibility index (Phi) is 10.2. The van der Waals surface area contributed by atoms with Gasteiger partial charge in [-0.05, 0) is 31.8 Å². The quantitative estimate of drug-likeness (QED) is 0.242. The molecule has 26 heavy (non-hydrogen) atoms.